The van der Waals surface area contributed by atoms with Crippen molar-refractivity contribution in [3.8, 4) is 0 Å². The molecule has 0 saturated carbocycles. The van der Waals surface area contributed by atoms with Gasteiger partial charge < -0.3 is 4.90 Å². The van der Waals surface area contributed by atoms with Crippen LogP contribution >= 0.6 is 0 Å². The standard InChI is InChI=1S/C10H15N3/c1-4-11-12-10(1)9-7-13-5-2-8(9)3-6-13/h1,4,8-9H,2-3,5-7H2,(H,11,12). The summed E-state index contributed by atoms with van der Waals surface area (Å²) in [4.78, 5) is 2.57. The Bertz CT molecular complexity index is 272. The number of nitrogens with zero attached hydrogens (tertiary/aromatic N) is 2. The van der Waals surface area contributed by atoms with Crippen LogP contribution in [0.15, 0.2) is 12.3 Å². The van der Waals surface area contributed by atoms with E-state index in [1.165, 1.54) is 38.2 Å². The summed E-state index contributed by atoms with van der Waals surface area (Å²) in [5.74, 6) is 1.63. The predicted molar refractivity (Wildman–Crippen MR) is 50.5 cm³/mol. The molecular formula is C10H15N3. The van der Waals surface area contributed by atoms with E-state index in [1.54, 1.807) is 0 Å². The highest BCUT2D eigenvalue weighted by Crippen LogP contribution is 2.37. The quantitative estimate of drug-likeness (QED) is 0.699. The second kappa shape index (κ2) is 2.84. The van der Waals surface area contributed by atoms with E-state index in [2.05, 4.69) is 21.2 Å². The second-order valence-corrected chi connectivity index (χ2v) is 4.26. The maximum Gasteiger partial charge on any atom is 0.0490 e. The fourth-order valence-corrected chi connectivity index (χ4v) is 2.79. The van der Waals surface area contributed by atoms with Crippen molar-refractivity contribution in [1.29, 1.82) is 0 Å². The minimum Gasteiger partial charge on any atom is -0.303 e. The van der Waals surface area contributed by atoms with Gasteiger partial charge in [0.05, 0.1) is 0 Å². The molecule has 1 N–H and O–H groups in total. The zero-order valence-electron chi connectivity index (χ0n) is 7.74. The summed E-state index contributed by atoms with van der Waals surface area (Å²) in [7, 11) is 0. The van der Waals surface area contributed by atoms with E-state index in [1.807, 2.05) is 6.20 Å². The average Bonchev–Trinajstić information content (AvgIpc) is 2.72. The smallest absolute Gasteiger partial charge is 0.0490 e. The molecule has 0 aromatic carbocycles. The first-order valence-electron chi connectivity index (χ1n) is 5.15. The molecule has 70 valence electrons. The summed E-state index contributed by atoms with van der Waals surface area (Å²) in [6.45, 7) is 3.87. The molecule has 1 unspecified atom stereocenters. The molecule has 0 radical (unpaired) electrons. The average molecular weight is 177 g/mol. The molecule has 4 heterocycles. The largest absolute Gasteiger partial charge is 0.303 e. The Morgan fingerprint density at radius 1 is 1.38 bits per heavy atom. The lowest BCUT2D eigenvalue weighted by molar-refractivity contribution is 0.0854. The summed E-state index contributed by atoms with van der Waals surface area (Å²) >= 11 is 0. The molecule has 3 aliphatic heterocycles. The van der Waals surface area contributed by atoms with E-state index in [0.29, 0.717) is 0 Å². The molecule has 3 aliphatic rings. The molecule has 0 spiro atoms. The van der Waals surface area contributed by atoms with E-state index >= 15 is 0 Å². The molecule has 13 heavy (non-hydrogen) atoms. The van der Waals surface area contributed by atoms with Crippen LogP contribution in [0.1, 0.15) is 24.5 Å². The number of piperidine rings is 3. The lowest BCUT2D eigenvalue weighted by atomic mass is 9.77. The van der Waals surface area contributed by atoms with Gasteiger partial charge in [-0.15, -0.1) is 0 Å². The molecule has 1 atom stereocenters. The monoisotopic (exact) mass is 177 g/mol. The highest BCUT2D eigenvalue weighted by atomic mass is 15.2. The first kappa shape index (κ1) is 7.56. The third kappa shape index (κ3) is 1.18. The van der Waals surface area contributed by atoms with E-state index < -0.39 is 0 Å². The van der Waals surface area contributed by atoms with E-state index in [4.69, 9.17) is 0 Å². The van der Waals surface area contributed by atoms with Crippen molar-refractivity contribution in [2.24, 2.45) is 5.92 Å². The molecule has 0 amide bonds. The first-order valence-corrected chi connectivity index (χ1v) is 5.15. The lowest BCUT2D eigenvalue weighted by Crippen LogP contribution is -2.46. The number of H-pyrrole nitrogens is 1. The zero-order chi connectivity index (χ0) is 8.67. The second-order valence-electron chi connectivity index (χ2n) is 4.26. The van der Waals surface area contributed by atoms with Gasteiger partial charge in [-0.2, -0.15) is 5.10 Å². The molecule has 4 rings (SSSR count). The third-order valence-electron chi connectivity index (χ3n) is 3.58. The van der Waals surface area contributed by atoms with Crippen LogP contribution in [0.5, 0.6) is 0 Å². The number of hydrogen-bond donors (Lipinski definition) is 1. The summed E-state index contributed by atoms with van der Waals surface area (Å²) < 4.78 is 0. The van der Waals surface area contributed by atoms with Crippen LogP contribution in [0.4, 0.5) is 0 Å². The third-order valence-corrected chi connectivity index (χ3v) is 3.58. The van der Waals surface area contributed by atoms with Crippen LogP contribution in [0.2, 0.25) is 0 Å². The van der Waals surface area contributed by atoms with Gasteiger partial charge >= 0.3 is 0 Å². The van der Waals surface area contributed by atoms with Gasteiger partial charge in [-0.05, 0) is 37.9 Å². The minimum atomic E-state index is 0.727. The van der Waals surface area contributed by atoms with Gasteiger partial charge in [0.25, 0.3) is 0 Å². The van der Waals surface area contributed by atoms with Crippen LogP contribution in [0.3, 0.4) is 0 Å². The van der Waals surface area contributed by atoms with E-state index in [0.717, 1.165) is 11.8 Å². The van der Waals surface area contributed by atoms with Crippen molar-refractivity contribution in [2.75, 3.05) is 19.6 Å². The van der Waals surface area contributed by atoms with Crippen LogP contribution in [-0.4, -0.2) is 34.7 Å². The van der Waals surface area contributed by atoms with Crippen molar-refractivity contribution in [3.05, 3.63) is 18.0 Å². The molecular weight excluding hydrogens is 162 g/mol. The number of hydrogen-bond acceptors (Lipinski definition) is 2. The Morgan fingerprint density at radius 2 is 2.23 bits per heavy atom. The molecule has 1 aromatic rings. The molecule has 1 aromatic heterocycles. The molecule has 0 aliphatic carbocycles. The molecule has 3 nitrogen and oxygen atoms in total. The highest BCUT2D eigenvalue weighted by Gasteiger charge is 2.35. The number of aromatic amines is 1. The fraction of sp³-hybridized carbons (Fsp3) is 0.700. The van der Waals surface area contributed by atoms with Crippen molar-refractivity contribution < 1.29 is 0 Å². The maximum absolute atomic E-state index is 4.04. The van der Waals surface area contributed by atoms with Crippen molar-refractivity contribution in [3.63, 3.8) is 0 Å². The number of rotatable bonds is 1. The number of aromatic nitrogens is 2. The van der Waals surface area contributed by atoms with Gasteiger partial charge in [0.15, 0.2) is 0 Å². The number of nitrogens with one attached hydrogen (secondary N) is 1. The summed E-state index contributed by atoms with van der Waals surface area (Å²) in [6.07, 6.45) is 4.63. The summed E-state index contributed by atoms with van der Waals surface area (Å²) in [5.41, 5.74) is 1.34. The summed E-state index contributed by atoms with van der Waals surface area (Å²) in [6, 6.07) is 2.13. The Balaban J connectivity index is 1.85. The molecule has 3 fully saturated rings. The van der Waals surface area contributed by atoms with Gasteiger partial charge in [0, 0.05) is 24.4 Å². The van der Waals surface area contributed by atoms with Crippen molar-refractivity contribution >= 4 is 0 Å². The van der Waals surface area contributed by atoms with Gasteiger partial charge in [0.2, 0.25) is 0 Å². The van der Waals surface area contributed by atoms with Crippen LogP contribution in [0.25, 0.3) is 0 Å². The Kier molecular flexibility index (Phi) is 1.65. The topological polar surface area (TPSA) is 31.9 Å². The van der Waals surface area contributed by atoms with E-state index in [-0.39, 0.29) is 0 Å². The maximum atomic E-state index is 4.04. The van der Waals surface area contributed by atoms with Crippen LogP contribution < -0.4 is 0 Å². The minimum absolute atomic E-state index is 0.727. The zero-order valence-corrected chi connectivity index (χ0v) is 7.74. The van der Waals surface area contributed by atoms with Gasteiger partial charge in [-0.25, -0.2) is 0 Å². The highest BCUT2D eigenvalue weighted by molar-refractivity contribution is 5.11. The first-order chi connectivity index (χ1) is 6.43. The van der Waals surface area contributed by atoms with Crippen LogP contribution in [0, 0.1) is 5.92 Å². The molecule has 3 heteroatoms. The Labute approximate surface area is 78.1 Å². The van der Waals surface area contributed by atoms with E-state index in [9.17, 15) is 0 Å². The Morgan fingerprint density at radius 3 is 2.77 bits per heavy atom. The predicted octanol–water partition coefficient (Wildman–Crippen LogP) is 1.22. The van der Waals surface area contributed by atoms with Crippen molar-refractivity contribution in [2.45, 2.75) is 18.8 Å². The number of fused-ring (bicyclic) bond motifs is 3. The Hall–Kier alpha value is -0.830. The van der Waals surface area contributed by atoms with Gasteiger partial charge in [-0.3, -0.25) is 5.10 Å². The lowest BCUT2D eigenvalue weighted by Gasteiger charge is -2.44. The molecule has 3 saturated heterocycles. The normalized spacial score (nSPS) is 38.0. The van der Waals surface area contributed by atoms with Gasteiger partial charge in [-0.1, -0.05) is 0 Å². The van der Waals surface area contributed by atoms with Crippen molar-refractivity contribution in [1.82, 2.24) is 15.1 Å². The van der Waals surface area contributed by atoms with Gasteiger partial charge in [0.1, 0.15) is 0 Å². The summed E-state index contributed by atoms with van der Waals surface area (Å²) in [5, 5.41) is 7.15. The fourth-order valence-electron chi connectivity index (χ4n) is 2.79. The molecule has 2 bridgehead atoms. The van der Waals surface area contributed by atoms with Crippen LogP contribution in [-0.2, 0) is 0 Å². The SMILES string of the molecule is c1cc(C2CN3CCC2CC3)[nH]n1.